The van der Waals surface area contributed by atoms with Gasteiger partial charge in [0.2, 0.25) is 5.43 Å². The maximum atomic E-state index is 12.7. The molecule has 3 rings (SSSR count). The lowest BCUT2D eigenvalue weighted by Gasteiger charge is -2.21. The Morgan fingerprint density at radius 1 is 0.967 bits per heavy atom. The molecule has 158 valence electrons. The van der Waals surface area contributed by atoms with E-state index in [0.29, 0.717) is 11.1 Å². The van der Waals surface area contributed by atoms with E-state index in [0.717, 1.165) is 0 Å². The highest BCUT2D eigenvalue weighted by molar-refractivity contribution is 6.02. The van der Waals surface area contributed by atoms with E-state index in [1.165, 1.54) is 18.2 Å². The fourth-order valence-electron chi connectivity index (χ4n) is 2.76. The van der Waals surface area contributed by atoms with Crippen LogP contribution in [0.25, 0.3) is 22.6 Å². The molecule has 2 aliphatic rings. The van der Waals surface area contributed by atoms with E-state index in [-0.39, 0.29) is 28.3 Å². The Morgan fingerprint density at radius 2 is 1.57 bits per heavy atom. The van der Waals surface area contributed by atoms with E-state index < -0.39 is 28.6 Å². The molecule has 1 aromatic rings. The molecule has 0 saturated carbocycles. The molecule has 8 nitrogen and oxygen atoms in total. The quantitative estimate of drug-likeness (QED) is 0.383. The molecule has 30 heavy (non-hydrogen) atoms. The van der Waals surface area contributed by atoms with Crippen molar-refractivity contribution in [1.29, 1.82) is 0 Å². The van der Waals surface area contributed by atoms with Crippen molar-refractivity contribution in [2.24, 2.45) is 0 Å². The molecule has 0 spiro atoms. The number of nitrogens with zero attached hydrogens (tertiary/aromatic N) is 1. The van der Waals surface area contributed by atoms with Gasteiger partial charge in [-0.25, -0.2) is 14.6 Å². The van der Waals surface area contributed by atoms with Gasteiger partial charge in [-0.15, -0.1) is 0 Å². The highest BCUT2D eigenvalue weighted by atomic mass is 16.6. The molecular formula is C22H24N2O6. The number of nitrogen functional groups attached to an aromatic ring is 1. The van der Waals surface area contributed by atoms with Crippen LogP contribution in [-0.4, -0.2) is 28.1 Å². The molecule has 0 amide bonds. The van der Waals surface area contributed by atoms with E-state index in [9.17, 15) is 14.4 Å². The Morgan fingerprint density at radius 3 is 2.17 bits per heavy atom. The fourth-order valence-corrected chi connectivity index (χ4v) is 2.76. The van der Waals surface area contributed by atoms with Crippen LogP contribution in [0, 0.1) is 0 Å². The van der Waals surface area contributed by atoms with E-state index in [2.05, 4.69) is 4.98 Å². The van der Waals surface area contributed by atoms with Gasteiger partial charge in [0.1, 0.15) is 28.0 Å². The van der Waals surface area contributed by atoms with Crippen molar-refractivity contribution in [3.63, 3.8) is 0 Å². The summed E-state index contributed by atoms with van der Waals surface area (Å²) in [7, 11) is 0. The number of carbonyl (C=O) groups excluding carboxylic acids is 2. The van der Waals surface area contributed by atoms with Gasteiger partial charge in [-0.1, -0.05) is 0 Å². The SMILES string of the molecule is CC(C)(C)OC(=O)c1ccc2oc3cc(=O)c(N)c(C(=O)OC(C)(C)C)c-3nc2c1. The largest absolute Gasteiger partial charge is 0.456 e. The van der Waals surface area contributed by atoms with Crippen LogP contribution in [0.3, 0.4) is 0 Å². The molecule has 0 bridgehead atoms. The number of hydrogen-bond acceptors (Lipinski definition) is 8. The minimum absolute atomic E-state index is 0.0789. The number of nitrogens with two attached hydrogens (primary N) is 1. The molecule has 1 aliphatic carbocycles. The van der Waals surface area contributed by atoms with E-state index >= 15 is 0 Å². The van der Waals surface area contributed by atoms with Gasteiger partial charge in [-0.3, -0.25) is 4.79 Å². The lowest BCUT2D eigenvalue weighted by Crippen LogP contribution is -2.27. The molecule has 0 radical (unpaired) electrons. The predicted molar refractivity (Wildman–Crippen MR) is 112 cm³/mol. The third kappa shape index (κ3) is 4.42. The van der Waals surface area contributed by atoms with Crippen molar-refractivity contribution >= 4 is 28.7 Å². The number of aromatic nitrogens is 1. The van der Waals surface area contributed by atoms with Crippen LogP contribution in [-0.2, 0) is 9.47 Å². The van der Waals surface area contributed by atoms with E-state index in [1.807, 2.05) is 0 Å². The molecule has 2 N–H and O–H groups in total. The van der Waals surface area contributed by atoms with Crippen LogP contribution in [0.1, 0.15) is 62.3 Å². The summed E-state index contributed by atoms with van der Waals surface area (Å²) in [5, 5.41) is 0. The van der Waals surface area contributed by atoms with Gasteiger partial charge < -0.3 is 19.6 Å². The minimum atomic E-state index is -0.799. The van der Waals surface area contributed by atoms with Gasteiger partial charge in [0.15, 0.2) is 11.3 Å². The zero-order chi connectivity index (χ0) is 22.4. The topological polar surface area (TPSA) is 122 Å². The minimum Gasteiger partial charge on any atom is -0.456 e. The molecule has 1 aliphatic heterocycles. The van der Waals surface area contributed by atoms with Crippen molar-refractivity contribution in [3.05, 3.63) is 45.6 Å². The van der Waals surface area contributed by atoms with Crippen LogP contribution in [0.2, 0.25) is 0 Å². The summed E-state index contributed by atoms with van der Waals surface area (Å²) in [6.07, 6.45) is 0. The second-order valence-corrected chi connectivity index (χ2v) is 8.91. The molecule has 0 atom stereocenters. The number of anilines is 1. The number of ether oxygens (including phenoxy) is 2. The normalized spacial score (nSPS) is 12.2. The van der Waals surface area contributed by atoms with Crippen molar-refractivity contribution in [3.8, 4) is 11.5 Å². The third-order valence-corrected chi connectivity index (χ3v) is 3.92. The number of benzene rings is 2. The Kier molecular flexibility index (Phi) is 5.06. The Balaban J connectivity index is 2.20. The van der Waals surface area contributed by atoms with Gasteiger partial charge in [0.25, 0.3) is 0 Å². The van der Waals surface area contributed by atoms with Crippen molar-refractivity contribution < 1.29 is 23.5 Å². The first kappa shape index (κ1) is 21.3. The summed E-state index contributed by atoms with van der Waals surface area (Å²) >= 11 is 0. The average molecular weight is 412 g/mol. The molecule has 0 unspecified atom stereocenters. The Labute approximate surface area is 173 Å². The molecule has 0 aromatic heterocycles. The first-order valence-electron chi connectivity index (χ1n) is 9.39. The monoisotopic (exact) mass is 412 g/mol. The average Bonchev–Trinajstić information content (AvgIpc) is 2.57. The third-order valence-electron chi connectivity index (χ3n) is 3.92. The predicted octanol–water partition coefficient (Wildman–Crippen LogP) is 3.79. The van der Waals surface area contributed by atoms with Crippen molar-refractivity contribution in [1.82, 2.24) is 4.98 Å². The molecule has 1 heterocycles. The summed E-state index contributed by atoms with van der Waals surface area (Å²) in [5.41, 5.74) is 4.40. The van der Waals surface area contributed by atoms with Crippen LogP contribution in [0.4, 0.5) is 5.69 Å². The maximum Gasteiger partial charge on any atom is 0.343 e. The van der Waals surface area contributed by atoms with Crippen LogP contribution < -0.4 is 11.2 Å². The summed E-state index contributed by atoms with van der Waals surface area (Å²) in [4.78, 5) is 41.8. The van der Waals surface area contributed by atoms with Crippen LogP contribution in [0.5, 0.6) is 0 Å². The standard InChI is InChI=1S/C22H24N2O6/c1-21(2,3)29-19(26)11-7-8-14-12(9-11)24-18-15(28-14)10-13(25)17(23)16(18)20(27)30-22(4,5)6/h7-10H,23H2,1-6H3. The van der Waals surface area contributed by atoms with Gasteiger partial charge in [0.05, 0.1) is 11.3 Å². The zero-order valence-electron chi connectivity index (χ0n) is 17.8. The van der Waals surface area contributed by atoms with Crippen molar-refractivity contribution in [2.75, 3.05) is 5.73 Å². The molecule has 0 fully saturated rings. The molecule has 1 aromatic carbocycles. The number of rotatable bonds is 2. The van der Waals surface area contributed by atoms with Gasteiger partial charge in [-0.05, 0) is 59.7 Å². The number of hydrogen-bond donors (Lipinski definition) is 1. The highest BCUT2D eigenvalue weighted by Gasteiger charge is 2.29. The van der Waals surface area contributed by atoms with Gasteiger partial charge >= 0.3 is 11.9 Å². The Hall–Kier alpha value is -3.42. The molecule has 8 heteroatoms. The zero-order valence-corrected chi connectivity index (χ0v) is 17.8. The van der Waals surface area contributed by atoms with E-state index in [1.54, 1.807) is 47.6 Å². The summed E-state index contributed by atoms with van der Waals surface area (Å²) in [6.45, 7) is 10.4. The van der Waals surface area contributed by atoms with Crippen molar-refractivity contribution in [2.45, 2.75) is 52.7 Å². The Bertz CT molecular complexity index is 1180. The maximum absolute atomic E-state index is 12.7. The fraction of sp³-hybridized carbons (Fsp3) is 0.364. The molecular weight excluding hydrogens is 388 g/mol. The molecule has 0 saturated heterocycles. The lowest BCUT2D eigenvalue weighted by atomic mass is 10.0. The summed E-state index contributed by atoms with van der Waals surface area (Å²) < 4.78 is 16.5. The smallest absolute Gasteiger partial charge is 0.343 e. The van der Waals surface area contributed by atoms with Crippen LogP contribution in [0.15, 0.2) is 33.5 Å². The lowest BCUT2D eigenvalue weighted by molar-refractivity contribution is 0.00574. The van der Waals surface area contributed by atoms with Gasteiger partial charge in [-0.2, -0.15) is 0 Å². The first-order chi connectivity index (χ1) is 13.7. The number of carbonyl (C=O) groups is 2. The highest BCUT2D eigenvalue weighted by Crippen LogP contribution is 2.31. The number of esters is 2. The first-order valence-corrected chi connectivity index (χ1v) is 9.39. The van der Waals surface area contributed by atoms with E-state index in [4.69, 9.17) is 19.6 Å². The number of fused-ring (bicyclic) bond motifs is 2. The summed E-state index contributed by atoms with van der Waals surface area (Å²) in [5.74, 6) is -1.21. The second-order valence-electron chi connectivity index (χ2n) is 8.91. The second kappa shape index (κ2) is 7.12. The summed E-state index contributed by atoms with van der Waals surface area (Å²) in [6, 6.07) is 5.76. The van der Waals surface area contributed by atoms with Gasteiger partial charge in [0, 0.05) is 6.07 Å². The van der Waals surface area contributed by atoms with Crippen LogP contribution >= 0.6 is 0 Å².